The molecule has 0 spiro atoms. The largest absolute Gasteiger partial charge is 0.493 e. The van der Waals surface area contributed by atoms with Gasteiger partial charge >= 0.3 is 6.18 Å². The van der Waals surface area contributed by atoms with Gasteiger partial charge in [0.1, 0.15) is 5.76 Å². The van der Waals surface area contributed by atoms with Crippen LogP contribution < -0.4 is 9.47 Å². The molecule has 1 amide bonds. The van der Waals surface area contributed by atoms with Crippen molar-refractivity contribution < 1.29 is 31.9 Å². The van der Waals surface area contributed by atoms with Crippen molar-refractivity contribution >= 4 is 21.8 Å². The number of amides is 1. The van der Waals surface area contributed by atoms with Crippen molar-refractivity contribution in [2.24, 2.45) is 0 Å². The Balaban J connectivity index is 1.91. The molecule has 5 nitrogen and oxygen atoms in total. The number of hydrogen-bond donors (Lipinski definition) is 0. The lowest BCUT2D eigenvalue weighted by atomic mass is 10.1. The molecular weight excluding hydrogens is 431 g/mol. The number of ether oxygens (including phenoxy) is 2. The van der Waals surface area contributed by atoms with Crippen molar-refractivity contribution in [1.82, 2.24) is 4.90 Å². The summed E-state index contributed by atoms with van der Waals surface area (Å²) < 4.78 is 52.6. The highest BCUT2D eigenvalue weighted by Crippen LogP contribution is 2.30. The second kappa shape index (κ2) is 9.16. The fourth-order valence-corrected chi connectivity index (χ4v) is 2.69. The van der Waals surface area contributed by atoms with E-state index in [1.54, 1.807) is 36.2 Å². The molecule has 0 aliphatic rings. The molecule has 2 aromatic rings. The highest BCUT2D eigenvalue weighted by atomic mass is 79.9. The first-order chi connectivity index (χ1) is 12.7. The molecule has 9 heteroatoms. The number of alkyl halides is 3. The molecule has 2 rings (SSSR count). The van der Waals surface area contributed by atoms with Crippen LogP contribution in [-0.2, 0) is 17.8 Å². The summed E-state index contributed by atoms with van der Waals surface area (Å²) in [5, 5.41) is 0. The maximum absolute atomic E-state index is 12.3. The number of rotatable bonds is 8. The minimum Gasteiger partial charge on any atom is -0.493 e. The fraction of sp³-hybridized carbons (Fsp3) is 0.389. The van der Waals surface area contributed by atoms with Crippen molar-refractivity contribution in [2.75, 3.05) is 20.8 Å². The molecule has 0 saturated carbocycles. The van der Waals surface area contributed by atoms with Crippen LogP contribution >= 0.6 is 15.9 Å². The lowest BCUT2D eigenvalue weighted by Gasteiger charge is -2.16. The molecule has 0 fully saturated rings. The van der Waals surface area contributed by atoms with E-state index in [-0.39, 0.29) is 23.8 Å². The quantitative estimate of drug-likeness (QED) is 0.591. The van der Waals surface area contributed by atoms with Gasteiger partial charge in [0, 0.05) is 13.5 Å². The summed E-state index contributed by atoms with van der Waals surface area (Å²) in [5.74, 6) is 0.771. The van der Waals surface area contributed by atoms with E-state index >= 15 is 0 Å². The van der Waals surface area contributed by atoms with Crippen molar-refractivity contribution in [3.63, 3.8) is 0 Å². The summed E-state index contributed by atoms with van der Waals surface area (Å²) in [5.41, 5.74) is 0.758. The Morgan fingerprint density at radius 3 is 2.56 bits per heavy atom. The van der Waals surface area contributed by atoms with Gasteiger partial charge < -0.3 is 18.8 Å². The van der Waals surface area contributed by atoms with E-state index in [1.807, 2.05) is 0 Å². The molecule has 0 aliphatic heterocycles. The van der Waals surface area contributed by atoms with Gasteiger partial charge in [0.15, 0.2) is 22.8 Å². The van der Waals surface area contributed by atoms with Gasteiger partial charge in [0.25, 0.3) is 0 Å². The summed E-state index contributed by atoms with van der Waals surface area (Å²) in [6.07, 6.45) is -3.77. The van der Waals surface area contributed by atoms with E-state index in [2.05, 4.69) is 15.9 Å². The van der Waals surface area contributed by atoms with Crippen LogP contribution in [0.25, 0.3) is 0 Å². The van der Waals surface area contributed by atoms with Crippen LogP contribution in [0.4, 0.5) is 13.2 Å². The molecule has 0 bridgehead atoms. The normalized spacial score (nSPS) is 11.3. The Kier molecular flexibility index (Phi) is 7.18. The molecule has 1 aromatic heterocycles. The van der Waals surface area contributed by atoms with Crippen LogP contribution in [-0.4, -0.2) is 37.7 Å². The Labute approximate surface area is 163 Å². The maximum Gasteiger partial charge on any atom is 0.422 e. The van der Waals surface area contributed by atoms with Crippen LogP contribution in [0.2, 0.25) is 0 Å². The van der Waals surface area contributed by atoms with E-state index in [0.29, 0.717) is 23.4 Å². The first-order valence-electron chi connectivity index (χ1n) is 8.02. The highest BCUT2D eigenvalue weighted by molar-refractivity contribution is 9.10. The number of aryl methyl sites for hydroxylation is 1. The van der Waals surface area contributed by atoms with E-state index in [0.717, 1.165) is 5.56 Å². The Morgan fingerprint density at radius 1 is 1.22 bits per heavy atom. The van der Waals surface area contributed by atoms with E-state index in [9.17, 15) is 18.0 Å². The van der Waals surface area contributed by atoms with Gasteiger partial charge in [0.05, 0.1) is 13.7 Å². The van der Waals surface area contributed by atoms with Gasteiger partial charge in [-0.1, -0.05) is 6.07 Å². The van der Waals surface area contributed by atoms with Gasteiger partial charge in [-0.3, -0.25) is 4.79 Å². The minimum absolute atomic E-state index is 0.00501. The predicted molar refractivity (Wildman–Crippen MR) is 95.7 cm³/mol. The second-order valence-electron chi connectivity index (χ2n) is 5.84. The number of methoxy groups -OCH3 is 1. The summed E-state index contributed by atoms with van der Waals surface area (Å²) in [4.78, 5) is 13.8. The smallest absolute Gasteiger partial charge is 0.422 e. The number of nitrogens with zero attached hydrogens (tertiary/aromatic N) is 1. The standard InChI is InChI=1S/C18H19BrF3NO4/c1-23(10-13-5-7-16(19)27-13)17(24)8-4-12-3-6-14(15(9-12)25-2)26-11-18(20,21)22/h3,5-7,9H,4,8,10-11H2,1-2H3. The summed E-state index contributed by atoms with van der Waals surface area (Å²) in [6.45, 7) is -1.05. The Hall–Kier alpha value is -2.16. The lowest BCUT2D eigenvalue weighted by Crippen LogP contribution is -2.26. The number of benzene rings is 1. The molecule has 0 radical (unpaired) electrons. The summed E-state index contributed by atoms with van der Waals surface area (Å²) in [6, 6.07) is 8.13. The number of halogens is 4. The van der Waals surface area contributed by atoms with Crippen molar-refractivity contribution in [2.45, 2.75) is 25.6 Å². The van der Waals surface area contributed by atoms with Gasteiger partial charge in [0.2, 0.25) is 5.91 Å². The lowest BCUT2D eigenvalue weighted by molar-refractivity contribution is -0.153. The predicted octanol–water partition coefficient (Wildman–Crippen LogP) is 4.58. The van der Waals surface area contributed by atoms with E-state index < -0.39 is 12.8 Å². The highest BCUT2D eigenvalue weighted by Gasteiger charge is 2.29. The summed E-state index contributed by atoms with van der Waals surface area (Å²) in [7, 11) is 3.02. The van der Waals surface area contributed by atoms with Gasteiger partial charge in [-0.25, -0.2) is 0 Å². The average Bonchev–Trinajstić information content (AvgIpc) is 3.02. The van der Waals surface area contributed by atoms with Gasteiger partial charge in [-0.05, 0) is 52.2 Å². The monoisotopic (exact) mass is 449 g/mol. The van der Waals surface area contributed by atoms with Crippen LogP contribution in [0, 0.1) is 0 Å². The zero-order chi connectivity index (χ0) is 20.0. The zero-order valence-corrected chi connectivity index (χ0v) is 16.4. The molecule has 148 valence electrons. The topological polar surface area (TPSA) is 51.9 Å². The molecule has 0 atom stereocenters. The number of carbonyl (C=O) groups is 1. The third-order valence-electron chi connectivity index (χ3n) is 3.69. The Bertz CT molecular complexity index is 776. The van der Waals surface area contributed by atoms with E-state index in [4.69, 9.17) is 13.9 Å². The van der Waals surface area contributed by atoms with Crippen molar-refractivity contribution in [1.29, 1.82) is 0 Å². The molecule has 1 heterocycles. The molecule has 0 saturated heterocycles. The number of hydrogen-bond acceptors (Lipinski definition) is 4. The Morgan fingerprint density at radius 2 is 1.96 bits per heavy atom. The average molecular weight is 450 g/mol. The number of carbonyl (C=O) groups excluding carboxylic acids is 1. The fourth-order valence-electron chi connectivity index (χ4n) is 2.35. The van der Waals surface area contributed by atoms with Crippen LogP contribution in [0.3, 0.4) is 0 Å². The third-order valence-corrected chi connectivity index (χ3v) is 4.12. The van der Waals surface area contributed by atoms with Gasteiger partial charge in [-0.15, -0.1) is 0 Å². The van der Waals surface area contributed by atoms with E-state index in [1.165, 1.54) is 13.2 Å². The minimum atomic E-state index is -4.43. The van der Waals surface area contributed by atoms with Crippen LogP contribution in [0.1, 0.15) is 17.7 Å². The maximum atomic E-state index is 12.3. The molecular formula is C18H19BrF3NO4. The molecule has 0 aliphatic carbocycles. The molecule has 1 aromatic carbocycles. The van der Waals surface area contributed by atoms with Crippen molar-refractivity contribution in [3.05, 3.63) is 46.3 Å². The zero-order valence-electron chi connectivity index (χ0n) is 14.8. The summed E-state index contributed by atoms with van der Waals surface area (Å²) >= 11 is 3.21. The molecule has 27 heavy (non-hydrogen) atoms. The molecule has 0 N–H and O–H groups in total. The first-order valence-corrected chi connectivity index (χ1v) is 8.82. The SMILES string of the molecule is COc1cc(CCC(=O)N(C)Cc2ccc(Br)o2)ccc1OCC(F)(F)F. The van der Waals surface area contributed by atoms with Gasteiger partial charge in [-0.2, -0.15) is 13.2 Å². The first kappa shape index (κ1) is 21.1. The second-order valence-corrected chi connectivity index (χ2v) is 6.63. The number of furan rings is 1. The molecule has 0 unspecified atom stereocenters. The van der Waals surface area contributed by atoms with Crippen LogP contribution in [0.15, 0.2) is 39.4 Å². The third kappa shape index (κ3) is 6.82. The van der Waals surface area contributed by atoms with Crippen molar-refractivity contribution in [3.8, 4) is 11.5 Å². The van der Waals surface area contributed by atoms with Crippen LogP contribution in [0.5, 0.6) is 11.5 Å².